The van der Waals surface area contributed by atoms with Gasteiger partial charge in [0.25, 0.3) is 5.91 Å². The number of sulfonamides is 1. The zero-order valence-electron chi connectivity index (χ0n) is 14.1. The highest BCUT2D eigenvalue weighted by Gasteiger charge is 2.34. The second-order valence-corrected chi connectivity index (χ2v) is 9.89. The second-order valence-electron chi connectivity index (χ2n) is 6.70. The van der Waals surface area contributed by atoms with E-state index < -0.39 is 10.0 Å². The van der Waals surface area contributed by atoms with Crippen molar-refractivity contribution in [3.05, 3.63) is 21.4 Å². The highest BCUT2D eigenvalue weighted by Crippen LogP contribution is 2.30. The summed E-state index contributed by atoms with van der Waals surface area (Å²) in [6.45, 7) is 0.728. The van der Waals surface area contributed by atoms with Crippen molar-refractivity contribution in [2.75, 3.05) is 33.1 Å². The van der Waals surface area contributed by atoms with Gasteiger partial charge in [-0.15, -0.1) is 11.3 Å². The van der Waals surface area contributed by atoms with Crippen LogP contribution in [0.2, 0.25) is 0 Å². The van der Waals surface area contributed by atoms with Gasteiger partial charge in [-0.2, -0.15) is 0 Å². The molecule has 24 heavy (non-hydrogen) atoms. The van der Waals surface area contributed by atoms with E-state index in [9.17, 15) is 13.2 Å². The molecule has 1 fully saturated rings. The van der Waals surface area contributed by atoms with Crippen LogP contribution in [0, 0.1) is 5.92 Å². The Morgan fingerprint density at radius 2 is 2.08 bits per heavy atom. The third-order valence-electron chi connectivity index (χ3n) is 4.80. The molecule has 0 bridgehead atoms. The molecule has 0 aromatic carbocycles. The predicted octanol–water partition coefficient (Wildman–Crippen LogP) is 1.26. The Morgan fingerprint density at radius 1 is 1.33 bits per heavy atom. The highest BCUT2D eigenvalue weighted by atomic mass is 32.2. The monoisotopic (exact) mass is 372 g/mol. The lowest BCUT2D eigenvalue weighted by Crippen LogP contribution is -2.43. The van der Waals surface area contributed by atoms with Crippen LogP contribution in [-0.4, -0.2) is 57.7 Å². The summed E-state index contributed by atoms with van der Waals surface area (Å²) >= 11 is 1.66. The number of thiophene rings is 1. The first kappa shape index (κ1) is 17.8. The lowest BCUT2D eigenvalue weighted by molar-refractivity contribution is 0.0925. The Hall–Kier alpha value is -0.960. The van der Waals surface area contributed by atoms with Gasteiger partial charge < -0.3 is 10.1 Å². The maximum Gasteiger partial charge on any atom is 0.252 e. The van der Waals surface area contributed by atoms with Gasteiger partial charge in [0.2, 0.25) is 10.0 Å². The number of nitrogens with zero attached hydrogens (tertiary/aromatic N) is 1. The number of carbonyl (C=O) groups is 1. The minimum absolute atomic E-state index is 0.00725. The molecule has 1 aliphatic heterocycles. The van der Waals surface area contributed by atoms with Gasteiger partial charge in [0.15, 0.2) is 0 Å². The first-order chi connectivity index (χ1) is 11.4. The van der Waals surface area contributed by atoms with Crippen molar-refractivity contribution in [1.29, 1.82) is 0 Å². The molecule has 6 nitrogen and oxygen atoms in total. The summed E-state index contributed by atoms with van der Waals surface area (Å²) in [5.74, 6) is -0.319. The van der Waals surface area contributed by atoms with Crippen LogP contribution in [0.3, 0.4) is 0 Å². The van der Waals surface area contributed by atoms with Crippen molar-refractivity contribution < 1.29 is 17.9 Å². The predicted molar refractivity (Wildman–Crippen MR) is 94.0 cm³/mol. The Bertz CT molecular complexity index is 712. The number of aryl methyl sites for hydroxylation is 1. The van der Waals surface area contributed by atoms with Crippen molar-refractivity contribution in [2.45, 2.75) is 31.7 Å². The van der Waals surface area contributed by atoms with Crippen molar-refractivity contribution in [3.8, 4) is 0 Å². The fraction of sp³-hybridized carbons (Fsp3) is 0.688. The van der Waals surface area contributed by atoms with E-state index in [1.807, 2.05) is 5.38 Å². The molecule has 2 aliphatic rings. The highest BCUT2D eigenvalue weighted by molar-refractivity contribution is 7.89. The molecule has 1 aromatic heterocycles. The summed E-state index contributed by atoms with van der Waals surface area (Å²) in [5, 5.41) is 4.94. The number of hydrogen-bond acceptors (Lipinski definition) is 5. The SMILES string of the molecule is CN(C)S(=O)(=O)C[C@@H]1COC[C@H]1NC(=O)c1csc2c1CCCC2. The molecule has 8 heteroatoms. The summed E-state index contributed by atoms with van der Waals surface area (Å²) in [5.41, 5.74) is 1.94. The van der Waals surface area contributed by atoms with Gasteiger partial charge in [0.05, 0.1) is 30.6 Å². The molecule has 1 amide bonds. The number of fused-ring (bicyclic) bond motifs is 1. The van der Waals surface area contributed by atoms with Crippen LogP contribution in [0.1, 0.15) is 33.6 Å². The van der Waals surface area contributed by atoms with E-state index in [2.05, 4.69) is 5.32 Å². The van der Waals surface area contributed by atoms with E-state index in [0.717, 1.165) is 24.8 Å². The van der Waals surface area contributed by atoms with Gasteiger partial charge in [-0.25, -0.2) is 12.7 Å². The lowest BCUT2D eigenvalue weighted by Gasteiger charge is -2.21. The van der Waals surface area contributed by atoms with E-state index in [4.69, 9.17) is 4.74 Å². The first-order valence-electron chi connectivity index (χ1n) is 8.26. The lowest BCUT2D eigenvalue weighted by atomic mass is 9.95. The smallest absolute Gasteiger partial charge is 0.252 e. The van der Waals surface area contributed by atoms with Gasteiger partial charge in [-0.1, -0.05) is 0 Å². The summed E-state index contributed by atoms with van der Waals surface area (Å²) in [6.07, 6.45) is 4.33. The summed E-state index contributed by atoms with van der Waals surface area (Å²) < 4.78 is 30.8. The molecule has 3 rings (SSSR count). The van der Waals surface area contributed by atoms with Crippen LogP contribution >= 0.6 is 11.3 Å². The zero-order valence-corrected chi connectivity index (χ0v) is 15.7. The van der Waals surface area contributed by atoms with Crippen LogP contribution in [0.4, 0.5) is 0 Å². The molecular formula is C16H24N2O4S2. The Balaban J connectivity index is 1.68. The van der Waals surface area contributed by atoms with Gasteiger partial charge in [0.1, 0.15) is 0 Å². The number of hydrogen-bond donors (Lipinski definition) is 1. The van der Waals surface area contributed by atoms with Gasteiger partial charge in [0, 0.05) is 30.3 Å². The maximum absolute atomic E-state index is 12.7. The van der Waals surface area contributed by atoms with Crippen LogP contribution in [-0.2, 0) is 27.6 Å². The Kier molecular flexibility index (Phi) is 5.29. The molecule has 1 aromatic rings. The topological polar surface area (TPSA) is 75.7 Å². The number of ether oxygens (including phenoxy) is 1. The summed E-state index contributed by atoms with van der Waals surface area (Å²) in [4.78, 5) is 14.0. The standard InChI is InChI=1S/C16H24N2O4S2/c1-18(2)24(20,21)10-11-7-22-8-14(11)17-16(19)13-9-23-15-6-4-3-5-12(13)15/h9,11,14H,3-8,10H2,1-2H3,(H,17,19)/t11-,14+/m0/s1. The number of amides is 1. The minimum Gasteiger partial charge on any atom is -0.379 e. The van der Waals surface area contributed by atoms with Gasteiger partial charge in [-0.3, -0.25) is 4.79 Å². The molecule has 134 valence electrons. The van der Waals surface area contributed by atoms with Gasteiger partial charge >= 0.3 is 0 Å². The average Bonchev–Trinajstić information content (AvgIpc) is 3.13. The van der Waals surface area contributed by atoms with Crippen molar-refractivity contribution >= 4 is 27.3 Å². The molecular weight excluding hydrogens is 348 g/mol. The van der Waals surface area contributed by atoms with E-state index in [1.54, 1.807) is 11.3 Å². The Morgan fingerprint density at radius 3 is 2.83 bits per heavy atom. The van der Waals surface area contributed by atoms with Crippen LogP contribution in [0.15, 0.2) is 5.38 Å². The van der Waals surface area contributed by atoms with E-state index in [0.29, 0.717) is 13.2 Å². The zero-order chi connectivity index (χ0) is 17.3. The third kappa shape index (κ3) is 3.66. The van der Waals surface area contributed by atoms with Crippen LogP contribution in [0.25, 0.3) is 0 Å². The minimum atomic E-state index is -3.31. The van der Waals surface area contributed by atoms with E-state index >= 15 is 0 Å². The second kappa shape index (κ2) is 7.11. The molecule has 0 radical (unpaired) electrons. The first-order valence-corrected chi connectivity index (χ1v) is 10.8. The molecule has 1 saturated heterocycles. The van der Waals surface area contributed by atoms with Crippen LogP contribution < -0.4 is 5.32 Å². The molecule has 1 aliphatic carbocycles. The number of carbonyl (C=O) groups excluding carboxylic acids is 1. The van der Waals surface area contributed by atoms with Crippen molar-refractivity contribution in [2.24, 2.45) is 5.92 Å². The quantitative estimate of drug-likeness (QED) is 0.844. The largest absolute Gasteiger partial charge is 0.379 e. The molecule has 0 unspecified atom stereocenters. The van der Waals surface area contributed by atoms with Crippen molar-refractivity contribution in [3.63, 3.8) is 0 Å². The van der Waals surface area contributed by atoms with Crippen LogP contribution in [0.5, 0.6) is 0 Å². The third-order valence-corrected chi connectivity index (χ3v) is 7.85. The summed E-state index contributed by atoms with van der Waals surface area (Å²) in [6, 6.07) is -0.258. The fourth-order valence-electron chi connectivity index (χ4n) is 3.27. The fourth-order valence-corrected chi connectivity index (χ4v) is 5.57. The maximum atomic E-state index is 12.7. The van der Waals surface area contributed by atoms with Gasteiger partial charge in [-0.05, 0) is 31.2 Å². The molecule has 2 atom stereocenters. The number of nitrogens with one attached hydrogen (secondary N) is 1. The van der Waals surface area contributed by atoms with E-state index in [-0.39, 0.29) is 23.6 Å². The molecule has 0 saturated carbocycles. The van der Waals surface area contributed by atoms with E-state index in [1.165, 1.54) is 35.3 Å². The number of rotatable bonds is 5. The normalized spacial score (nSPS) is 24.1. The average molecular weight is 373 g/mol. The Labute approximate surface area is 147 Å². The molecule has 1 N–H and O–H groups in total. The summed E-state index contributed by atoms with van der Waals surface area (Å²) in [7, 11) is -0.266. The molecule has 0 spiro atoms. The molecule has 2 heterocycles. The van der Waals surface area contributed by atoms with Crippen molar-refractivity contribution in [1.82, 2.24) is 9.62 Å².